The molecule has 2 rings (SSSR count). The summed E-state index contributed by atoms with van der Waals surface area (Å²) in [4.78, 5) is 0. The van der Waals surface area contributed by atoms with Crippen molar-refractivity contribution in [2.45, 2.75) is 0 Å². The van der Waals surface area contributed by atoms with Gasteiger partial charge in [-0.3, -0.25) is 0 Å². The Kier molecular flexibility index (Phi) is 1.26. The minimum absolute atomic E-state index is 0.140. The predicted molar refractivity (Wildman–Crippen MR) is 45.2 cm³/mol. The molecule has 2 N–H and O–H groups in total. The van der Waals surface area contributed by atoms with E-state index in [-0.39, 0.29) is 11.5 Å². The molecule has 0 radical (unpaired) electrons. The normalized spacial score (nSPS) is 10.5. The van der Waals surface area contributed by atoms with Gasteiger partial charge >= 0.3 is 0 Å². The lowest BCUT2D eigenvalue weighted by Crippen LogP contribution is -1.65. The highest BCUT2D eigenvalue weighted by Gasteiger charge is 2.05. The minimum Gasteiger partial charge on any atom is -0.507 e. The fraction of sp³-hybridized carbons (Fsp3) is 0. The predicted octanol–water partition coefficient (Wildman–Crippen LogP) is 2.31. The number of benzene rings is 1. The van der Waals surface area contributed by atoms with Crippen LogP contribution in [0, 0.1) is 0 Å². The number of hydrogen-bond acceptors (Lipinski definition) is 3. The molecule has 0 atom stereocenters. The van der Waals surface area contributed by atoms with Gasteiger partial charge in [-0.25, -0.2) is 0 Å². The second-order valence-electron chi connectivity index (χ2n) is 2.27. The Balaban J connectivity index is 2.96. The molecule has 0 aliphatic carbocycles. The molecule has 2 aromatic rings. The van der Waals surface area contributed by atoms with Gasteiger partial charge in [0.15, 0.2) is 0 Å². The number of thiophene rings is 1. The fourth-order valence-electron chi connectivity index (χ4n) is 1.05. The SMILES string of the molecule is Oc1cccc2scc(O)c12. The van der Waals surface area contributed by atoms with E-state index in [1.54, 1.807) is 17.5 Å². The van der Waals surface area contributed by atoms with Crippen LogP contribution in [-0.2, 0) is 0 Å². The van der Waals surface area contributed by atoms with Gasteiger partial charge < -0.3 is 10.2 Å². The van der Waals surface area contributed by atoms with Crippen LogP contribution in [0.5, 0.6) is 11.5 Å². The van der Waals surface area contributed by atoms with E-state index in [1.165, 1.54) is 11.3 Å². The molecule has 56 valence electrons. The molecule has 0 saturated heterocycles. The summed E-state index contributed by atoms with van der Waals surface area (Å²) in [6, 6.07) is 5.18. The Bertz CT molecular complexity index is 392. The molecule has 1 aromatic carbocycles. The van der Waals surface area contributed by atoms with Crippen LogP contribution in [0.3, 0.4) is 0 Å². The molecule has 0 fully saturated rings. The van der Waals surface area contributed by atoms with Crippen molar-refractivity contribution in [3.8, 4) is 11.5 Å². The van der Waals surface area contributed by atoms with E-state index in [1.807, 2.05) is 6.07 Å². The third-order valence-electron chi connectivity index (χ3n) is 1.56. The summed E-state index contributed by atoms with van der Waals surface area (Å²) in [6.07, 6.45) is 0. The van der Waals surface area contributed by atoms with Crippen molar-refractivity contribution >= 4 is 21.4 Å². The van der Waals surface area contributed by atoms with Crippen molar-refractivity contribution in [3.63, 3.8) is 0 Å². The summed E-state index contributed by atoms with van der Waals surface area (Å²) in [7, 11) is 0. The Labute approximate surface area is 67.3 Å². The molecule has 2 nitrogen and oxygen atoms in total. The zero-order valence-electron chi connectivity index (χ0n) is 5.61. The third kappa shape index (κ3) is 0.851. The van der Waals surface area contributed by atoms with E-state index in [0.29, 0.717) is 5.39 Å². The van der Waals surface area contributed by atoms with Gasteiger partial charge in [-0.1, -0.05) is 6.07 Å². The highest BCUT2D eigenvalue weighted by molar-refractivity contribution is 7.17. The van der Waals surface area contributed by atoms with E-state index in [9.17, 15) is 10.2 Å². The lowest BCUT2D eigenvalue weighted by molar-refractivity contribution is 0.465. The number of phenols is 1. The Hall–Kier alpha value is -1.22. The number of hydrogen-bond donors (Lipinski definition) is 2. The topological polar surface area (TPSA) is 40.5 Å². The quantitative estimate of drug-likeness (QED) is 0.630. The first-order valence-electron chi connectivity index (χ1n) is 3.17. The van der Waals surface area contributed by atoms with Gasteiger partial charge in [-0.2, -0.15) is 0 Å². The number of phenolic OH excluding ortho intramolecular Hbond substituents is 1. The van der Waals surface area contributed by atoms with Crippen LogP contribution >= 0.6 is 11.3 Å². The van der Waals surface area contributed by atoms with Crippen LogP contribution in [0.2, 0.25) is 0 Å². The molecular weight excluding hydrogens is 160 g/mol. The van der Waals surface area contributed by atoms with Gasteiger partial charge in [-0.15, -0.1) is 11.3 Å². The highest BCUT2D eigenvalue weighted by Crippen LogP contribution is 2.36. The Morgan fingerprint density at radius 2 is 1.91 bits per heavy atom. The average Bonchev–Trinajstić information content (AvgIpc) is 2.34. The maximum atomic E-state index is 9.29. The fourth-order valence-corrected chi connectivity index (χ4v) is 1.89. The van der Waals surface area contributed by atoms with E-state index in [2.05, 4.69) is 0 Å². The Morgan fingerprint density at radius 1 is 1.09 bits per heavy atom. The van der Waals surface area contributed by atoms with Gasteiger partial charge in [0.25, 0.3) is 0 Å². The van der Waals surface area contributed by atoms with Crippen LogP contribution in [0.4, 0.5) is 0 Å². The van der Waals surface area contributed by atoms with Gasteiger partial charge in [0.2, 0.25) is 0 Å². The first kappa shape index (κ1) is 6.49. The number of rotatable bonds is 0. The minimum atomic E-state index is 0.140. The molecule has 11 heavy (non-hydrogen) atoms. The summed E-state index contributed by atoms with van der Waals surface area (Å²) in [5, 5.41) is 20.7. The standard InChI is InChI=1S/C8H6O2S/c9-5-2-1-3-7-8(5)6(10)4-11-7/h1-4,9-10H. The summed E-state index contributed by atoms with van der Waals surface area (Å²) in [5.74, 6) is 0.296. The maximum absolute atomic E-state index is 9.29. The van der Waals surface area contributed by atoms with E-state index in [0.717, 1.165) is 4.70 Å². The van der Waals surface area contributed by atoms with Gasteiger partial charge in [-0.05, 0) is 12.1 Å². The van der Waals surface area contributed by atoms with E-state index in [4.69, 9.17) is 0 Å². The zero-order valence-corrected chi connectivity index (χ0v) is 6.43. The molecule has 0 aliphatic heterocycles. The third-order valence-corrected chi connectivity index (χ3v) is 2.49. The maximum Gasteiger partial charge on any atom is 0.137 e. The van der Waals surface area contributed by atoms with Gasteiger partial charge in [0.05, 0.1) is 5.39 Å². The second kappa shape index (κ2) is 2.13. The Morgan fingerprint density at radius 3 is 2.64 bits per heavy atom. The van der Waals surface area contributed by atoms with E-state index < -0.39 is 0 Å². The first-order chi connectivity index (χ1) is 5.29. The molecule has 1 aromatic heterocycles. The molecule has 0 aliphatic rings. The van der Waals surface area contributed by atoms with Crippen molar-refractivity contribution in [1.29, 1.82) is 0 Å². The molecule has 0 unspecified atom stereocenters. The molecule has 0 amide bonds. The monoisotopic (exact) mass is 166 g/mol. The molecule has 1 heterocycles. The molecular formula is C8H6O2S. The van der Waals surface area contributed by atoms with Crippen molar-refractivity contribution in [2.24, 2.45) is 0 Å². The summed E-state index contributed by atoms with van der Waals surface area (Å²) < 4.78 is 0.905. The molecule has 3 heteroatoms. The van der Waals surface area contributed by atoms with Crippen LogP contribution in [0.25, 0.3) is 10.1 Å². The van der Waals surface area contributed by atoms with Crippen LogP contribution in [0.15, 0.2) is 23.6 Å². The van der Waals surface area contributed by atoms with Gasteiger partial charge in [0, 0.05) is 10.1 Å². The number of aromatic hydroxyl groups is 2. The highest BCUT2D eigenvalue weighted by atomic mass is 32.1. The molecule has 0 saturated carbocycles. The largest absolute Gasteiger partial charge is 0.507 e. The summed E-state index contributed by atoms with van der Waals surface area (Å²) >= 11 is 1.42. The smallest absolute Gasteiger partial charge is 0.137 e. The second-order valence-corrected chi connectivity index (χ2v) is 3.18. The van der Waals surface area contributed by atoms with Crippen LogP contribution in [-0.4, -0.2) is 10.2 Å². The van der Waals surface area contributed by atoms with Crippen molar-refractivity contribution in [2.75, 3.05) is 0 Å². The number of fused-ring (bicyclic) bond motifs is 1. The molecule has 0 bridgehead atoms. The molecule has 0 spiro atoms. The summed E-state index contributed by atoms with van der Waals surface area (Å²) in [5.41, 5.74) is 0. The van der Waals surface area contributed by atoms with Gasteiger partial charge in [0.1, 0.15) is 11.5 Å². The van der Waals surface area contributed by atoms with Crippen molar-refractivity contribution < 1.29 is 10.2 Å². The van der Waals surface area contributed by atoms with Crippen LogP contribution in [0.1, 0.15) is 0 Å². The lowest BCUT2D eigenvalue weighted by Gasteiger charge is -1.93. The zero-order chi connectivity index (χ0) is 7.84. The first-order valence-corrected chi connectivity index (χ1v) is 4.05. The van der Waals surface area contributed by atoms with E-state index >= 15 is 0 Å². The van der Waals surface area contributed by atoms with Crippen LogP contribution < -0.4 is 0 Å². The summed E-state index contributed by atoms with van der Waals surface area (Å²) in [6.45, 7) is 0. The lowest BCUT2D eigenvalue weighted by atomic mass is 10.2. The average molecular weight is 166 g/mol. The van der Waals surface area contributed by atoms with Crippen molar-refractivity contribution in [1.82, 2.24) is 0 Å². The van der Waals surface area contributed by atoms with Crippen molar-refractivity contribution in [3.05, 3.63) is 23.6 Å².